The molecule has 0 bridgehead atoms. The predicted octanol–water partition coefficient (Wildman–Crippen LogP) is 3.43. The molecule has 0 saturated carbocycles. The Morgan fingerprint density at radius 2 is 2.04 bits per heavy atom. The van der Waals surface area contributed by atoms with E-state index < -0.39 is 0 Å². The zero-order valence-electron chi connectivity index (χ0n) is 14.4. The number of carbonyl (C=O) groups excluding carboxylic acids is 1. The lowest BCUT2D eigenvalue weighted by Gasteiger charge is -2.31. The van der Waals surface area contributed by atoms with E-state index in [1.807, 2.05) is 19.1 Å². The van der Waals surface area contributed by atoms with Crippen LogP contribution in [0.2, 0.25) is 0 Å². The van der Waals surface area contributed by atoms with Crippen molar-refractivity contribution >= 4 is 5.97 Å². The first kappa shape index (κ1) is 17.8. The fraction of sp³-hybridized carbons (Fsp3) is 0.632. The van der Waals surface area contributed by atoms with Gasteiger partial charge in [-0.1, -0.05) is 17.7 Å². The number of likely N-dealkylation sites (tertiary alicyclic amines) is 1. The number of carbonyl (C=O) groups is 1. The van der Waals surface area contributed by atoms with Gasteiger partial charge in [-0.25, -0.2) is 0 Å². The van der Waals surface area contributed by atoms with Crippen LogP contribution in [-0.4, -0.2) is 43.7 Å². The number of rotatable bonds is 8. The molecular formula is C19H29NO3. The molecule has 0 aromatic heterocycles. The van der Waals surface area contributed by atoms with Gasteiger partial charge in [-0.15, -0.1) is 0 Å². The van der Waals surface area contributed by atoms with Gasteiger partial charge in [0.05, 0.1) is 19.1 Å². The van der Waals surface area contributed by atoms with E-state index >= 15 is 0 Å². The van der Waals surface area contributed by atoms with Crippen molar-refractivity contribution in [3.63, 3.8) is 0 Å². The topological polar surface area (TPSA) is 38.8 Å². The van der Waals surface area contributed by atoms with E-state index in [-0.39, 0.29) is 11.9 Å². The Morgan fingerprint density at radius 3 is 2.78 bits per heavy atom. The molecule has 128 valence electrons. The molecule has 0 aliphatic carbocycles. The van der Waals surface area contributed by atoms with E-state index in [1.165, 1.54) is 5.56 Å². The maximum absolute atomic E-state index is 11.8. The molecule has 4 heteroatoms. The lowest BCUT2D eigenvalue weighted by Crippen LogP contribution is -2.39. The number of piperidine rings is 1. The zero-order chi connectivity index (χ0) is 16.5. The van der Waals surface area contributed by atoms with Crippen LogP contribution in [0, 0.1) is 12.8 Å². The van der Waals surface area contributed by atoms with Crippen molar-refractivity contribution in [1.82, 2.24) is 4.90 Å². The summed E-state index contributed by atoms with van der Waals surface area (Å²) in [7, 11) is 0. The summed E-state index contributed by atoms with van der Waals surface area (Å²) < 4.78 is 10.9. The van der Waals surface area contributed by atoms with E-state index in [2.05, 4.69) is 24.0 Å². The average Bonchev–Trinajstić information content (AvgIpc) is 2.57. The number of hydrogen-bond donors (Lipinski definition) is 0. The predicted molar refractivity (Wildman–Crippen MR) is 91.7 cm³/mol. The highest BCUT2D eigenvalue weighted by molar-refractivity contribution is 5.72. The third-order valence-corrected chi connectivity index (χ3v) is 4.28. The van der Waals surface area contributed by atoms with E-state index in [0.29, 0.717) is 6.61 Å². The largest absolute Gasteiger partial charge is 0.494 e. The molecule has 1 aromatic rings. The van der Waals surface area contributed by atoms with Crippen molar-refractivity contribution in [2.75, 3.05) is 32.8 Å². The van der Waals surface area contributed by atoms with Crippen molar-refractivity contribution in [1.29, 1.82) is 0 Å². The third kappa shape index (κ3) is 6.22. The second-order valence-corrected chi connectivity index (χ2v) is 6.26. The zero-order valence-corrected chi connectivity index (χ0v) is 14.4. The molecule has 23 heavy (non-hydrogen) atoms. The van der Waals surface area contributed by atoms with Gasteiger partial charge >= 0.3 is 5.97 Å². The first-order chi connectivity index (χ1) is 11.2. The number of hydrogen-bond acceptors (Lipinski definition) is 4. The van der Waals surface area contributed by atoms with Crippen LogP contribution < -0.4 is 4.74 Å². The molecular weight excluding hydrogens is 290 g/mol. The molecule has 4 nitrogen and oxygen atoms in total. The van der Waals surface area contributed by atoms with E-state index in [9.17, 15) is 4.79 Å². The molecule has 1 unspecified atom stereocenters. The van der Waals surface area contributed by atoms with Gasteiger partial charge in [0.15, 0.2) is 0 Å². The molecule has 1 aliphatic heterocycles. The van der Waals surface area contributed by atoms with Gasteiger partial charge in [0.2, 0.25) is 0 Å². The maximum Gasteiger partial charge on any atom is 0.310 e. The van der Waals surface area contributed by atoms with Gasteiger partial charge < -0.3 is 14.4 Å². The standard InChI is InChI=1S/C19H29NO3/c1-3-22-19(21)17-7-6-13-20(15-17)12-4-5-14-23-18-10-8-16(2)9-11-18/h8-11,17H,3-7,12-15H2,1-2H3. The van der Waals surface area contributed by atoms with E-state index in [4.69, 9.17) is 9.47 Å². The fourth-order valence-corrected chi connectivity index (χ4v) is 2.97. The van der Waals surface area contributed by atoms with Crippen molar-refractivity contribution in [2.24, 2.45) is 5.92 Å². The molecule has 1 fully saturated rings. The molecule has 0 N–H and O–H groups in total. The highest BCUT2D eigenvalue weighted by atomic mass is 16.5. The van der Waals surface area contributed by atoms with Crippen molar-refractivity contribution in [3.8, 4) is 5.75 Å². The lowest BCUT2D eigenvalue weighted by molar-refractivity contribution is -0.149. The highest BCUT2D eigenvalue weighted by Crippen LogP contribution is 2.18. The third-order valence-electron chi connectivity index (χ3n) is 4.28. The van der Waals surface area contributed by atoms with Crippen LogP contribution in [0.15, 0.2) is 24.3 Å². The SMILES string of the molecule is CCOC(=O)C1CCCN(CCCCOc2ccc(C)cc2)C1. The summed E-state index contributed by atoms with van der Waals surface area (Å²) >= 11 is 0. The number of esters is 1. The quantitative estimate of drug-likeness (QED) is 0.543. The lowest BCUT2D eigenvalue weighted by atomic mass is 9.98. The first-order valence-corrected chi connectivity index (χ1v) is 8.77. The number of ether oxygens (including phenoxy) is 2. The Morgan fingerprint density at radius 1 is 1.26 bits per heavy atom. The van der Waals surface area contributed by atoms with Gasteiger partial charge in [-0.3, -0.25) is 4.79 Å². The Bertz CT molecular complexity index is 472. The van der Waals surface area contributed by atoms with Crippen LogP contribution in [-0.2, 0) is 9.53 Å². The second kappa shape index (κ2) is 9.56. The van der Waals surface area contributed by atoms with Gasteiger partial charge in [-0.2, -0.15) is 0 Å². The van der Waals surface area contributed by atoms with E-state index in [0.717, 1.165) is 57.7 Å². The van der Waals surface area contributed by atoms with Crippen LogP contribution in [0.3, 0.4) is 0 Å². The molecule has 1 saturated heterocycles. The van der Waals surface area contributed by atoms with Crippen molar-refractivity contribution in [2.45, 2.75) is 39.5 Å². The smallest absolute Gasteiger partial charge is 0.310 e. The Hall–Kier alpha value is -1.55. The van der Waals surface area contributed by atoms with Crippen LogP contribution in [0.25, 0.3) is 0 Å². The highest BCUT2D eigenvalue weighted by Gasteiger charge is 2.26. The van der Waals surface area contributed by atoms with Gasteiger partial charge in [0, 0.05) is 6.54 Å². The normalized spacial score (nSPS) is 18.6. The Kier molecular flexibility index (Phi) is 7.40. The van der Waals surface area contributed by atoms with Crippen molar-refractivity contribution in [3.05, 3.63) is 29.8 Å². The second-order valence-electron chi connectivity index (χ2n) is 6.26. The molecule has 0 amide bonds. The molecule has 0 radical (unpaired) electrons. The molecule has 1 aromatic carbocycles. The maximum atomic E-state index is 11.8. The van der Waals surface area contributed by atoms with Gasteiger partial charge in [0.25, 0.3) is 0 Å². The monoisotopic (exact) mass is 319 g/mol. The number of unbranched alkanes of at least 4 members (excludes halogenated alkanes) is 1. The summed E-state index contributed by atoms with van der Waals surface area (Å²) in [5, 5.41) is 0. The minimum Gasteiger partial charge on any atom is -0.494 e. The summed E-state index contributed by atoms with van der Waals surface area (Å²) in [6, 6.07) is 8.17. The minimum absolute atomic E-state index is 0.0279. The summed E-state index contributed by atoms with van der Waals surface area (Å²) in [5.41, 5.74) is 1.25. The molecule has 2 rings (SSSR count). The molecule has 1 atom stereocenters. The van der Waals surface area contributed by atoms with Crippen LogP contribution >= 0.6 is 0 Å². The molecule has 1 heterocycles. The van der Waals surface area contributed by atoms with Crippen LogP contribution in [0.1, 0.15) is 38.2 Å². The fourth-order valence-electron chi connectivity index (χ4n) is 2.97. The van der Waals surface area contributed by atoms with Gasteiger partial charge in [0.1, 0.15) is 5.75 Å². The summed E-state index contributed by atoms with van der Waals surface area (Å²) in [6.45, 7) is 8.14. The summed E-state index contributed by atoms with van der Waals surface area (Å²) in [4.78, 5) is 14.2. The van der Waals surface area contributed by atoms with E-state index in [1.54, 1.807) is 0 Å². The average molecular weight is 319 g/mol. The first-order valence-electron chi connectivity index (χ1n) is 8.77. The number of benzene rings is 1. The van der Waals surface area contributed by atoms with Crippen molar-refractivity contribution < 1.29 is 14.3 Å². The number of aryl methyl sites for hydroxylation is 1. The Balaban J connectivity index is 1.60. The number of nitrogens with zero attached hydrogens (tertiary/aromatic N) is 1. The summed E-state index contributed by atoms with van der Waals surface area (Å²) in [6.07, 6.45) is 4.19. The van der Waals surface area contributed by atoms with Crippen LogP contribution in [0.4, 0.5) is 0 Å². The van der Waals surface area contributed by atoms with Crippen LogP contribution in [0.5, 0.6) is 5.75 Å². The molecule has 0 spiro atoms. The Labute approximate surface area is 139 Å². The minimum atomic E-state index is -0.0279. The van der Waals surface area contributed by atoms with Gasteiger partial charge in [-0.05, 0) is 64.8 Å². The summed E-state index contributed by atoms with van der Waals surface area (Å²) in [5.74, 6) is 0.975. The molecule has 1 aliphatic rings.